The van der Waals surface area contributed by atoms with Crippen molar-refractivity contribution in [1.29, 1.82) is 0 Å². The smallest absolute Gasteiger partial charge is 0.174 e. The van der Waals surface area contributed by atoms with Gasteiger partial charge in [0, 0.05) is 30.3 Å². The zero-order valence-corrected chi connectivity index (χ0v) is 17.6. The molecule has 0 spiro atoms. The fourth-order valence-corrected chi connectivity index (χ4v) is 4.12. The van der Waals surface area contributed by atoms with E-state index in [9.17, 15) is 0 Å². The highest BCUT2D eigenvalue weighted by Crippen LogP contribution is 2.42. The summed E-state index contributed by atoms with van der Waals surface area (Å²) in [7, 11) is 0. The van der Waals surface area contributed by atoms with E-state index in [4.69, 9.17) is 12.2 Å². The highest BCUT2D eigenvalue weighted by atomic mass is 32.1. The molecule has 1 aliphatic heterocycles. The molecule has 4 rings (SSSR count). The zero-order valence-electron chi connectivity index (χ0n) is 16.8. The molecule has 144 valence electrons. The molecule has 3 heterocycles. The quantitative estimate of drug-likeness (QED) is 0.616. The number of nitrogens with zero attached hydrogens (tertiary/aromatic N) is 3. The first kappa shape index (κ1) is 18.7. The van der Waals surface area contributed by atoms with E-state index in [0.29, 0.717) is 6.04 Å². The maximum absolute atomic E-state index is 5.79. The largest absolute Gasteiger partial charge is 0.351 e. The lowest BCUT2D eigenvalue weighted by Crippen LogP contribution is -2.29. The number of nitrogens with one attached hydrogen (secondary N) is 1. The summed E-state index contributed by atoms with van der Waals surface area (Å²) in [5.41, 5.74) is 5.89. The first-order valence-electron chi connectivity index (χ1n) is 9.71. The second-order valence-electron chi connectivity index (χ2n) is 7.75. The number of hydrogen-bond donors (Lipinski definition) is 1. The van der Waals surface area contributed by atoms with Gasteiger partial charge >= 0.3 is 0 Å². The van der Waals surface area contributed by atoms with Crippen molar-refractivity contribution in [1.82, 2.24) is 14.9 Å². The third-order valence-electron chi connectivity index (χ3n) is 5.54. The minimum absolute atomic E-state index is 0.00155. The molecule has 0 radical (unpaired) electrons. The van der Waals surface area contributed by atoms with Gasteiger partial charge in [-0.1, -0.05) is 12.1 Å². The Hall–Kier alpha value is -2.66. The zero-order chi connectivity index (χ0) is 19.8. The van der Waals surface area contributed by atoms with Crippen molar-refractivity contribution in [2.75, 3.05) is 4.90 Å². The Bertz CT molecular complexity index is 993. The van der Waals surface area contributed by atoms with Crippen LogP contribution in [0.25, 0.3) is 0 Å². The molecule has 5 heteroatoms. The van der Waals surface area contributed by atoms with E-state index >= 15 is 0 Å². The van der Waals surface area contributed by atoms with Gasteiger partial charge in [-0.05, 0) is 86.9 Å². The van der Waals surface area contributed by atoms with Crippen molar-refractivity contribution >= 4 is 23.0 Å². The molecule has 0 amide bonds. The number of rotatable bonds is 4. The second-order valence-corrected chi connectivity index (χ2v) is 8.14. The van der Waals surface area contributed by atoms with Crippen LogP contribution in [0.15, 0.2) is 61.1 Å². The molecule has 1 aliphatic rings. The van der Waals surface area contributed by atoms with Crippen LogP contribution in [0, 0.1) is 13.8 Å². The molecule has 0 bridgehead atoms. The van der Waals surface area contributed by atoms with Crippen LogP contribution >= 0.6 is 12.2 Å². The molecule has 1 fully saturated rings. The molecular formula is C23H26N4S. The van der Waals surface area contributed by atoms with E-state index in [1.807, 2.05) is 18.3 Å². The third kappa shape index (κ3) is 3.31. The van der Waals surface area contributed by atoms with Crippen LogP contribution in [0.5, 0.6) is 0 Å². The van der Waals surface area contributed by atoms with Gasteiger partial charge < -0.3 is 14.8 Å². The molecule has 1 N–H and O–H groups in total. The summed E-state index contributed by atoms with van der Waals surface area (Å²) in [5.74, 6) is 0. The first-order valence-corrected chi connectivity index (χ1v) is 10.1. The predicted molar refractivity (Wildman–Crippen MR) is 119 cm³/mol. The van der Waals surface area contributed by atoms with E-state index in [2.05, 4.69) is 90.2 Å². The lowest BCUT2D eigenvalue weighted by Gasteiger charge is -2.28. The maximum Gasteiger partial charge on any atom is 0.174 e. The summed E-state index contributed by atoms with van der Waals surface area (Å²) in [6.07, 6.45) is 6.22. The van der Waals surface area contributed by atoms with Crippen LogP contribution in [-0.4, -0.2) is 14.7 Å². The summed E-state index contributed by atoms with van der Waals surface area (Å²) < 4.78 is 2.24. The Morgan fingerprint density at radius 1 is 1.07 bits per heavy atom. The molecule has 2 atom stereocenters. The van der Waals surface area contributed by atoms with Crippen LogP contribution in [0.1, 0.15) is 54.4 Å². The topological polar surface area (TPSA) is 33.1 Å². The summed E-state index contributed by atoms with van der Waals surface area (Å²) in [6.45, 7) is 8.67. The average Bonchev–Trinajstić information content (AvgIpc) is 3.29. The highest BCUT2D eigenvalue weighted by Gasteiger charge is 2.41. The highest BCUT2D eigenvalue weighted by molar-refractivity contribution is 7.80. The molecule has 2 aromatic heterocycles. The van der Waals surface area contributed by atoms with Crippen LogP contribution in [0.3, 0.4) is 0 Å². The Morgan fingerprint density at radius 3 is 2.54 bits per heavy atom. The van der Waals surface area contributed by atoms with E-state index in [-0.39, 0.29) is 12.1 Å². The minimum atomic E-state index is -0.00155. The van der Waals surface area contributed by atoms with Crippen molar-refractivity contribution in [2.24, 2.45) is 0 Å². The molecular weight excluding hydrogens is 364 g/mol. The van der Waals surface area contributed by atoms with E-state index in [0.717, 1.165) is 16.5 Å². The monoisotopic (exact) mass is 390 g/mol. The van der Waals surface area contributed by atoms with Crippen LogP contribution in [0.2, 0.25) is 0 Å². The van der Waals surface area contributed by atoms with Crippen LogP contribution in [0.4, 0.5) is 5.69 Å². The molecule has 1 aromatic carbocycles. The molecule has 4 nitrogen and oxygen atoms in total. The number of thiocarbonyl (C=S) groups is 1. The number of pyridine rings is 1. The van der Waals surface area contributed by atoms with Gasteiger partial charge in [-0.25, -0.2) is 0 Å². The van der Waals surface area contributed by atoms with Crippen LogP contribution in [-0.2, 0) is 0 Å². The van der Waals surface area contributed by atoms with Crippen molar-refractivity contribution < 1.29 is 0 Å². The second kappa shape index (κ2) is 7.40. The van der Waals surface area contributed by atoms with Crippen LogP contribution < -0.4 is 10.2 Å². The molecule has 28 heavy (non-hydrogen) atoms. The summed E-state index contributed by atoms with van der Waals surface area (Å²) in [6, 6.07) is 15.2. The first-order chi connectivity index (χ1) is 13.5. The van der Waals surface area contributed by atoms with Crippen molar-refractivity contribution in [3.63, 3.8) is 0 Å². The van der Waals surface area contributed by atoms with Crippen molar-refractivity contribution in [3.8, 4) is 0 Å². The minimum Gasteiger partial charge on any atom is -0.351 e. The lowest BCUT2D eigenvalue weighted by atomic mass is 9.98. The molecule has 3 aromatic rings. The van der Waals surface area contributed by atoms with Crippen molar-refractivity contribution in [3.05, 3.63) is 83.4 Å². The van der Waals surface area contributed by atoms with Gasteiger partial charge in [0.2, 0.25) is 0 Å². The molecule has 0 unspecified atom stereocenters. The Morgan fingerprint density at radius 2 is 1.89 bits per heavy atom. The summed E-state index contributed by atoms with van der Waals surface area (Å²) >= 11 is 5.79. The number of benzene rings is 1. The standard InChI is InChI=1S/C23H26N4S/c1-15(2)26-12-10-18(14-26)22-21(20-7-5-6-11-24-20)25-23(28)27(22)19-9-8-16(3)17(4)13-19/h5-15,21-22H,1-4H3,(H,25,28)/t21-,22+/m1/s1. The average molecular weight is 391 g/mol. The Balaban J connectivity index is 1.82. The fraction of sp³-hybridized carbons (Fsp3) is 0.304. The van der Waals surface area contributed by atoms with Crippen molar-refractivity contribution in [2.45, 2.75) is 45.8 Å². The number of aromatic nitrogens is 2. The van der Waals surface area contributed by atoms with Gasteiger partial charge in [0.1, 0.15) is 0 Å². The summed E-state index contributed by atoms with van der Waals surface area (Å²) in [5, 5.41) is 4.26. The van der Waals surface area contributed by atoms with Gasteiger partial charge in [0.25, 0.3) is 0 Å². The van der Waals surface area contributed by atoms with Gasteiger partial charge in [0.15, 0.2) is 5.11 Å². The maximum atomic E-state index is 5.79. The van der Waals surface area contributed by atoms with Gasteiger partial charge in [-0.3, -0.25) is 4.98 Å². The normalized spacial score (nSPS) is 19.3. The van der Waals surface area contributed by atoms with Gasteiger partial charge in [-0.15, -0.1) is 0 Å². The van der Waals surface area contributed by atoms with Gasteiger partial charge in [-0.2, -0.15) is 0 Å². The number of hydrogen-bond acceptors (Lipinski definition) is 2. The summed E-state index contributed by atoms with van der Waals surface area (Å²) in [4.78, 5) is 6.85. The molecule has 1 saturated heterocycles. The molecule has 0 saturated carbocycles. The third-order valence-corrected chi connectivity index (χ3v) is 5.86. The van der Waals surface area contributed by atoms with E-state index in [1.165, 1.54) is 16.7 Å². The fourth-order valence-electron chi connectivity index (χ4n) is 3.77. The Kier molecular flexibility index (Phi) is 4.94. The van der Waals surface area contributed by atoms with E-state index < -0.39 is 0 Å². The Labute approximate surface area is 172 Å². The SMILES string of the molecule is Cc1ccc(N2C(=S)N[C@H](c3ccccn3)[C@@H]2c2ccn(C(C)C)c2)cc1C. The number of aryl methyl sites for hydroxylation is 2. The molecule has 0 aliphatic carbocycles. The lowest BCUT2D eigenvalue weighted by molar-refractivity contribution is 0.560. The predicted octanol–water partition coefficient (Wildman–Crippen LogP) is 5.26. The number of anilines is 1. The van der Waals surface area contributed by atoms with E-state index in [1.54, 1.807) is 0 Å². The van der Waals surface area contributed by atoms with Gasteiger partial charge in [0.05, 0.1) is 17.8 Å².